The molecule has 3 aromatic rings. The molecule has 1 amide bonds. The summed E-state index contributed by atoms with van der Waals surface area (Å²) in [6.45, 7) is 4.47. The van der Waals surface area contributed by atoms with Crippen LogP contribution < -0.4 is 4.90 Å². The fraction of sp³-hybridized carbons (Fsp3) is 0.250. The minimum absolute atomic E-state index is 0.0324. The number of anilines is 1. The minimum Gasteiger partial charge on any atom is -0.339 e. The largest absolute Gasteiger partial charge is 0.339 e. The Morgan fingerprint density at radius 1 is 1.15 bits per heavy atom. The van der Waals surface area contributed by atoms with Gasteiger partial charge in [-0.25, -0.2) is 0 Å². The number of hydrogen-bond donors (Lipinski definition) is 0. The van der Waals surface area contributed by atoms with Gasteiger partial charge in [-0.2, -0.15) is 4.98 Å². The number of aromatic nitrogens is 2. The van der Waals surface area contributed by atoms with Crippen LogP contribution in [0, 0.1) is 13.8 Å². The number of rotatable bonds is 3. The number of nitrogens with zero attached hydrogens (tertiary/aromatic N) is 3. The average molecular weight is 368 g/mol. The maximum absolute atomic E-state index is 12.5. The number of amides is 1. The van der Waals surface area contributed by atoms with Crippen LogP contribution in [0.2, 0.25) is 5.02 Å². The van der Waals surface area contributed by atoms with E-state index in [9.17, 15) is 4.79 Å². The number of hydrogen-bond acceptors (Lipinski definition) is 4. The number of carbonyl (C=O) groups excluding carboxylic acids is 1. The molecule has 0 spiro atoms. The van der Waals surface area contributed by atoms with Gasteiger partial charge in [-0.1, -0.05) is 52.7 Å². The van der Waals surface area contributed by atoms with Gasteiger partial charge < -0.3 is 9.42 Å². The Kier molecular flexibility index (Phi) is 4.24. The highest BCUT2D eigenvalue weighted by atomic mass is 35.5. The van der Waals surface area contributed by atoms with Crippen LogP contribution in [0.4, 0.5) is 5.69 Å². The molecule has 1 aromatic heterocycles. The molecule has 132 valence electrons. The molecule has 0 unspecified atom stereocenters. The Morgan fingerprint density at radius 2 is 1.92 bits per heavy atom. The van der Waals surface area contributed by atoms with E-state index in [4.69, 9.17) is 16.1 Å². The van der Waals surface area contributed by atoms with Crippen molar-refractivity contribution in [2.45, 2.75) is 26.2 Å². The van der Waals surface area contributed by atoms with Crippen LogP contribution in [0.5, 0.6) is 0 Å². The molecule has 1 saturated heterocycles. The van der Waals surface area contributed by atoms with Crippen LogP contribution in [0.15, 0.2) is 47.0 Å². The molecule has 2 aromatic carbocycles. The first-order valence-electron chi connectivity index (χ1n) is 8.48. The van der Waals surface area contributed by atoms with Crippen molar-refractivity contribution in [2.24, 2.45) is 0 Å². The second-order valence-corrected chi connectivity index (χ2v) is 7.07. The normalized spacial score (nSPS) is 17.1. The van der Waals surface area contributed by atoms with E-state index in [1.807, 2.05) is 56.3 Å². The zero-order valence-electron chi connectivity index (χ0n) is 14.6. The smallest absolute Gasteiger partial charge is 0.232 e. The third-order valence-electron chi connectivity index (χ3n) is 4.69. The molecule has 26 heavy (non-hydrogen) atoms. The fourth-order valence-electron chi connectivity index (χ4n) is 3.09. The predicted octanol–water partition coefficient (Wildman–Crippen LogP) is 4.53. The lowest BCUT2D eigenvalue weighted by atomic mass is 10.1. The topological polar surface area (TPSA) is 59.2 Å². The fourth-order valence-corrected chi connectivity index (χ4v) is 3.27. The molecule has 1 aliphatic heterocycles. The van der Waals surface area contributed by atoms with Crippen LogP contribution in [0.1, 0.15) is 29.4 Å². The van der Waals surface area contributed by atoms with Crippen molar-refractivity contribution in [1.29, 1.82) is 0 Å². The molecule has 0 saturated carbocycles. The van der Waals surface area contributed by atoms with Gasteiger partial charge in [0.1, 0.15) is 0 Å². The summed E-state index contributed by atoms with van der Waals surface area (Å²) >= 11 is 6.20. The predicted molar refractivity (Wildman–Crippen MR) is 100 cm³/mol. The second-order valence-electron chi connectivity index (χ2n) is 6.66. The van der Waals surface area contributed by atoms with E-state index in [0.29, 0.717) is 29.7 Å². The SMILES string of the molecule is Cc1ccc(-c2noc([C@@H]3CC(=O)N(c4ccc(C)c(Cl)c4)C3)n2)cc1. The highest BCUT2D eigenvalue weighted by molar-refractivity contribution is 6.31. The summed E-state index contributed by atoms with van der Waals surface area (Å²) in [4.78, 5) is 18.7. The number of halogens is 1. The van der Waals surface area contributed by atoms with Crippen LogP contribution in [-0.4, -0.2) is 22.6 Å². The Labute approximate surface area is 156 Å². The van der Waals surface area contributed by atoms with Gasteiger partial charge in [0.25, 0.3) is 0 Å². The third kappa shape index (κ3) is 3.10. The van der Waals surface area contributed by atoms with Crippen molar-refractivity contribution < 1.29 is 9.32 Å². The van der Waals surface area contributed by atoms with Crippen LogP contribution in [0.25, 0.3) is 11.4 Å². The maximum Gasteiger partial charge on any atom is 0.232 e. The first kappa shape index (κ1) is 16.8. The molecule has 5 nitrogen and oxygen atoms in total. The molecular weight excluding hydrogens is 350 g/mol. The van der Waals surface area contributed by atoms with Crippen molar-refractivity contribution >= 4 is 23.2 Å². The molecule has 4 rings (SSSR count). The first-order chi connectivity index (χ1) is 12.5. The summed E-state index contributed by atoms with van der Waals surface area (Å²) in [6.07, 6.45) is 0.348. The quantitative estimate of drug-likeness (QED) is 0.682. The molecule has 0 bridgehead atoms. The van der Waals surface area contributed by atoms with Gasteiger partial charge in [0, 0.05) is 29.2 Å². The van der Waals surface area contributed by atoms with Gasteiger partial charge in [-0.15, -0.1) is 0 Å². The van der Waals surface area contributed by atoms with E-state index >= 15 is 0 Å². The van der Waals surface area contributed by atoms with E-state index in [-0.39, 0.29) is 11.8 Å². The van der Waals surface area contributed by atoms with E-state index in [1.54, 1.807) is 4.90 Å². The first-order valence-corrected chi connectivity index (χ1v) is 8.86. The van der Waals surface area contributed by atoms with Gasteiger partial charge in [0.2, 0.25) is 17.6 Å². The zero-order chi connectivity index (χ0) is 18.3. The Bertz CT molecular complexity index is 965. The highest BCUT2D eigenvalue weighted by Crippen LogP contribution is 2.33. The molecule has 0 radical (unpaired) electrons. The summed E-state index contributed by atoms with van der Waals surface area (Å²) in [6, 6.07) is 13.6. The molecular formula is C20H18ClN3O2. The summed E-state index contributed by atoms with van der Waals surface area (Å²) < 4.78 is 5.44. The Morgan fingerprint density at radius 3 is 2.65 bits per heavy atom. The molecule has 1 atom stereocenters. The van der Waals surface area contributed by atoms with Crippen molar-refractivity contribution in [1.82, 2.24) is 10.1 Å². The monoisotopic (exact) mass is 367 g/mol. The number of benzene rings is 2. The summed E-state index contributed by atoms with van der Waals surface area (Å²) in [5, 5.41) is 4.72. The molecule has 2 heterocycles. The highest BCUT2D eigenvalue weighted by Gasteiger charge is 2.35. The van der Waals surface area contributed by atoms with Crippen LogP contribution in [-0.2, 0) is 4.79 Å². The number of aryl methyl sites for hydroxylation is 2. The van der Waals surface area contributed by atoms with Crippen molar-refractivity contribution in [3.8, 4) is 11.4 Å². The van der Waals surface area contributed by atoms with Gasteiger partial charge in [-0.05, 0) is 31.5 Å². The van der Waals surface area contributed by atoms with Crippen LogP contribution >= 0.6 is 11.6 Å². The summed E-state index contributed by atoms with van der Waals surface area (Å²) in [5.74, 6) is 0.957. The lowest BCUT2D eigenvalue weighted by molar-refractivity contribution is -0.117. The lowest BCUT2D eigenvalue weighted by Gasteiger charge is -2.17. The third-order valence-corrected chi connectivity index (χ3v) is 5.10. The number of carbonyl (C=O) groups is 1. The van der Waals surface area contributed by atoms with Gasteiger partial charge in [-0.3, -0.25) is 4.79 Å². The van der Waals surface area contributed by atoms with Crippen molar-refractivity contribution in [3.63, 3.8) is 0 Å². The molecule has 6 heteroatoms. The van der Waals surface area contributed by atoms with E-state index in [2.05, 4.69) is 10.1 Å². The molecule has 0 N–H and O–H groups in total. The minimum atomic E-state index is -0.116. The van der Waals surface area contributed by atoms with Gasteiger partial charge >= 0.3 is 0 Å². The second kappa shape index (κ2) is 6.57. The van der Waals surface area contributed by atoms with Crippen LogP contribution in [0.3, 0.4) is 0 Å². The van der Waals surface area contributed by atoms with Gasteiger partial charge in [0.05, 0.1) is 5.92 Å². The van der Waals surface area contributed by atoms with E-state index in [0.717, 1.165) is 16.8 Å². The molecule has 0 aliphatic carbocycles. The van der Waals surface area contributed by atoms with Gasteiger partial charge in [0.15, 0.2) is 0 Å². The standard InChI is InChI=1S/C20H18ClN3O2/c1-12-3-6-14(7-4-12)19-22-20(26-23-19)15-9-18(25)24(11-15)16-8-5-13(2)17(21)10-16/h3-8,10,15H,9,11H2,1-2H3/t15-/m1/s1. The zero-order valence-corrected chi connectivity index (χ0v) is 15.3. The average Bonchev–Trinajstić information content (AvgIpc) is 3.25. The molecule has 1 aliphatic rings. The maximum atomic E-state index is 12.5. The van der Waals surface area contributed by atoms with Crippen molar-refractivity contribution in [2.75, 3.05) is 11.4 Å². The van der Waals surface area contributed by atoms with E-state index in [1.165, 1.54) is 5.56 Å². The Balaban J connectivity index is 1.55. The summed E-state index contributed by atoms with van der Waals surface area (Å²) in [5.41, 5.74) is 3.85. The van der Waals surface area contributed by atoms with E-state index < -0.39 is 0 Å². The summed E-state index contributed by atoms with van der Waals surface area (Å²) in [7, 11) is 0. The molecule has 1 fully saturated rings. The lowest BCUT2D eigenvalue weighted by Crippen LogP contribution is -2.24. The van der Waals surface area contributed by atoms with Crippen molar-refractivity contribution in [3.05, 3.63) is 64.5 Å². The Hall–Kier alpha value is -2.66.